The van der Waals surface area contributed by atoms with Crippen molar-refractivity contribution in [2.45, 2.75) is 10.9 Å². The standard InChI is InChI=1S/C12H10ClN5S2/c13-11-10(16-17-20-11)7-19-12-15-9(6-18(12)14)8-4-2-1-3-5-8/h1-6H,7,14H2. The second-order valence-corrected chi connectivity index (χ2v) is 6.26. The van der Waals surface area contributed by atoms with E-state index in [0.29, 0.717) is 15.2 Å². The second-order valence-electron chi connectivity index (χ2n) is 3.96. The molecule has 0 aliphatic heterocycles. The normalized spacial score (nSPS) is 10.8. The van der Waals surface area contributed by atoms with Crippen molar-refractivity contribution >= 4 is 34.9 Å². The van der Waals surface area contributed by atoms with Gasteiger partial charge in [0.05, 0.1) is 11.9 Å². The summed E-state index contributed by atoms with van der Waals surface area (Å²) in [5.41, 5.74) is 2.64. The van der Waals surface area contributed by atoms with Crippen molar-refractivity contribution in [3.8, 4) is 11.3 Å². The maximum Gasteiger partial charge on any atom is 0.187 e. The lowest BCUT2D eigenvalue weighted by Gasteiger charge is -1.98. The minimum Gasteiger partial charge on any atom is -0.337 e. The Hall–Kier alpha value is -1.57. The molecule has 8 heteroatoms. The van der Waals surface area contributed by atoms with Gasteiger partial charge in [-0.05, 0) is 0 Å². The number of halogens is 1. The molecule has 0 aliphatic rings. The molecule has 3 aromatic rings. The minimum atomic E-state index is 0.595. The van der Waals surface area contributed by atoms with E-state index in [2.05, 4.69) is 14.6 Å². The first-order valence-corrected chi connectivity index (χ1v) is 7.87. The van der Waals surface area contributed by atoms with Crippen molar-refractivity contribution in [2.24, 2.45) is 0 Å². The average Bonchev–Trinajstić information content (AvgIpc) is 3.04. The molecule has 0 radical (unpaired) electrons. The Morgan fingerprint density at radius 1 is 1.30 bits per heavy atom. The molecule has 0 bridgehead atoms. The second kappa shape index (κ2) is 5.82. The summed E-state index contributed by atoms with van der Waals surface area (Å²) in [5, 5.41) is 4.68. The van der Waals surface area contributed by atoms with Gasteiger partial charge < -0.3 is 5.84 Å². The van der Waals surface area contributed by atoms with Crippen LogP contribution in [0.2, 0.25) is 4.34 Å². The number of benzene rings is 1. The lowest BCUT2D eigenvalue weighted by atomic mass is 10.2. The molecule has 2 aromatic heterocycles. The molecule has 2 heterocycles. The Morgan fingerprint density at radius 3 is 2.80 bits per heavy atom. The van der Waals surface area contributed by atoms with Crippen LogP contribution in [-0.4, -0.2) is 19.2 Å². The van der Waals surface area contributed by atoms with E-state index in [1.165, 1.54) is 28.0 Å². The fraction of sp³-hybridized carbons (Fsp3) is 0.0833. The molecule has 102 valence electrons. The van der Waals surface area contributed by atoms with E-state index in [4.69, 9.17) is 17.4 Å². The molecule has 0 fully saturated rings. The Balaban J connectivity index is 1.78. The Kier molecular flexibility index (Phi) is 3.90. The van der Waals surface area contributed by atoms with E-state index < -0.39 is 0 Å². The summed E-state index contributed by atoms with van der Waals surface area (Å²) in [6, 6.07) is 9.91. The average molecular weight is 324 g/mol. The van der Waals surface area contributed by atoms with Gasteiger partial charge in [0.1, 0.15) is 10.0 Å². The third kappa shape index (κ3) is 2.79. The molecule has 0 saturated heterocycles. The van der Waals surface area contributed by atoms with Crippen LogP contribution in [0.5, 0.6) is 0 Å². The molecule has 5 nitrogen and oxygen atoms in total. The highest BCUT2D eigenvalue weighted by Crippen LogP contribution is 2.28. The number of nitrogen functional groups attached to an aromatic ring is 1. The zero-order valence-electron chi connectivity index (χ0n) is 10.2. The molecule has 2 N–H and O–H groups in total. The third-order valence-electron chi connectivity index (χ3n) is 2.62. The van der Waals surface area contributed by atoms with Gasteiger partial charge in [-0.25, -0.2) is 9.66 Å². The van der Waals surface area contributed by atoms with Crippen molar-refractivity contribution in [1.29, 1.82) is 0 Å². The van der Waals surface area contributed by atoms with Crippen LogP contribution in [0.4, 0.5) is 0 Å². The predicted octanol–water partition coefficient (Wildman–Crippen LogP) is 3.06. The van der Waals surface area contributed by atoms with Crippen LogP contribution in [-0.2, 0) is 5.75 Å². The maximum atomic E-state index is 5.97. The van der Waals surface area contributed by atoms with Crippen LogP contribution >= 0.6 is 34.9 Å². The van der Waals surface area contributed by atoms with Gasteiger partial charge >= 0.3 is 0 Å². The SMILES string of the molecule is Nn1cc(-c2ccccc2)nc1SCc1nnsc1Cl. The summed E-state index contributed by atoms with van der Waals surface area (Å²) in [6.07, 6.45) is 1.80. The van der Waals surface area contributed by atoms with Crippen molar-refractivity contribution < 1.29 is 0 Å². The molecule has 0 spiro atoms. The third-order valence-corrected chi connectivity index (χ3v) is 4.58. The molecule has 0 aliphatic carbocycles. The van der Waals surface area contributed by atoms with Crippen LogP contribution in [0.25, 0.3) is 11.3 Å². The molecule has 0 amide bonds. The molecule has 20 heavy (non-hydrogen) atoms. The largest absolute Gasteiger partial charge is 0.337 e. The van der Waals surface area contributed by atoms with Gasteiger partial charge in [0, 0.05) is 22.8 Å². The molecular weight excluding hydrogens is 314 g/mol. The summed E-state index contributed by atoms with van der Waals surface area (Å²) in [7, 11) is 0. The Morgan fingerprint density at radius 2 is 2.10 bits per heavy atom. The lowest BCUT2D eigenvalue weighted by Crippen LogP contribution is -2.07. The van der Waals surface area contributed by atoms with Gasteiger partial charge in [-0.15, -0.1) is 5.10 Å². The van der Waals surface area contributed by atoms with Crippen LogP contribution in [0.15, 0.2) is 41.7 Å². The highest BCUT2D eigenvalue weighted by Gasteiger charge is 2.11. The Labute approximate surface area is 128 Å². The highest BCUT2D eigenvalue weighted by molar-refractivity contribution is 7.98. The molecule has 0 atom stereocenters. The molecule has 1 aromatic carbocycles. The fourth-order valence-electron chi connectivity index (χ4n) is 1.65. The molecule has 0 unspecified atom stereocenters. The van der Waals surface area contributed by atoms with Crippen molar-refractivity contribution in [1.82, 2.24) is 19.2 Å². The summed E-state index contributed by atoms with van der Waals surface area (Å²) >= 11 is 8.63. The fourth-order valence-corrected chi connectivity index (χ4v) is 3.28. The summed E-state index contributed by atoms with van der Waals surface area (Å²) in [5.74, 6) is 6.52. The smallest absolute Gasteiger partial charge is 0.187 e. The number of rotatable bonds is 4. The van der Waals surface area contributed by atoms with Crippen LogP contribution in [0.3, 0.4) is 0 Å². The zero-order valence-corrected chi connectivity index (χ0v) is 12.6. The molecular formula is C12H10ClN5S2. The number of nitrogens with two attached hydrogens (primary N) is 1. The monoisotopic (exact) mass is 323 g/mol. The highest BCUT2D eigenvalue weighted by atomic mass is 35.5. The van der Waals surface area contributed by atoms with E-state index >= 15 is 0 Å². The van der Waals surface area contributed by atoms with Gasteiger partial charge in [0.25, 0.3) is 0 Å². The predicted molar refractivity (Wildman–Crippen MR) is 82.3 cm³/mol. The van der Waals surface area contributed by atoms with Gasteiger partial charge in [-0.1, -0.05) is 58.2 Å². The van der Waals surface area contributed by atoms with E-state index in [9.17, 15) is 0 Å². The molecule has 3 rings (SSSR count). The minimum absolute atomic E-state index is 0.595. The number of hydrogen-bond acceptors (Lipinski definition) is 6. The quantitative estimate of drug-likeness (QED) is 0.590. The first-order valence-electron chi connectivity index (χ1n) is 5.73. The van der Waals surface area contributed by atoms with Crippen LogP contribution in [0, 0.1) is 0 Å². The number of hydrogen-bond donors (Lipinski definition) is 1. The van der Waals surface area contributed by atoms with Gasteiger partial charge in [0.2, 0.25) is 0 Å². The number of aromatic nitrogens is 4. The van der Waals surface area contributed by atoms with Crippen LogP contribution in [0.1, 0.15) is 5.69 Å². The number of imidazole rings is 1. The summed E-state index contributed by atoms with van der Waals surface area (Å²) < 4.78 is 5.92. The number of thioether (sulfide) groups is 1. The lowest BCUT2D eigenvalue weighted by molar-refractivity contribution is 0.850. The Bertz CT molecular complexity index is 710. The molecule has 0 saturated carbocycles. The maximum absolute atomic E-state index is 5.97. The van der Waals surface area contributed by atoms with Crippen molar-refractivity contribution in [3.05, 3.63) is 46.6 Å². The van der Waals surface area contributed by atoms with Crippen molar-refractivity contribution in [2.75, 3.05) is 5.84 Å². The number of nitrogens with zero attached hydrogens (tertiary/aromatic N) is 4. The van der Waals surface area contributed by atoms with E-state index in [-0.39, 0.29) is 0 Å². The van der Waals surface area contributed by atoms with Gasteiger partial charge in [-0.3, -0.25) is 0 Å². The van der Waals surface area contributed by atoms with Gasteiger partial charge in [0.15, 0.2) is 5.16 Å². The van der Waals surface area contributed by atoms with Gasteiger partial charge in [-0.2, -0.15) is 0 Å². The first kappa shape index (κ1) is 13.4. The first-order chi connectivity index (χ1) is 9.74. The zero-order chi connectivity index (χ0) is 13.9. The van der Waals surface area contributed by atoms with E-state index in [0.717, 1.165) is 17.0 Å². The van der Waals surface area contributed by atoms with E-state index in [1.807, 2.05) is 30.3 Å². The topological polar surface area (TPSA) is 69.6 Å². The summed E-state index contributed by atoms with van der Waals surface area (Å²) in [4.78, 5) is 4.52. The van der Waals surface area contributed by atoms with Crippen molar-refractivity contribution in [3.63, 3.8) is 0 Å². The van der Waals surface area contributed by atoms with E-state index in [1.54, 1.807) is 6.20 Å². The van der Waals surface area contributed by atoms with Crippen LogP contribution < -0.4 is 5.84 Å². The summed E-state index contributed by atoms with van der Waals surface area (Å²) in [6.45, 7) is 0.